The van der Waals surface area contributed by atoms with E-state index in [0.29, 0.717) is 0 Å². The summed E-state index contributed by atoms with van der Waals surface area (Å²) in [5, 5.41) is 37.9. The number of benzene rings is 1. The van der Waals surface area contributed by atoms with Gasteiger partial charge in [-0.25, -0.2) is 0 Å². The molecule has 5 atom stereocenters. The second-order valence-electron chi connectivity index (χ2n) is 4.62. The van der Waals surface area contributed by atoms with Gasteiger partial charge in [-0.15, -0.1) is 11.8 Å². The second kappa shape index (κ2) is 6.21. The first-order valence-corrected chi connectivity index (χ1v) is 6.94. The Hall–Kier alpha value is -0.630. The van der Waals surface area contributed by atoms with E-state index >= 15 is 0 Å². The minimum Gasteiger partial charge on any atom is -0.394 e. The molecule has 1 aliphatic rings. The zero-order valence-electron chi connectivity index (χ0n) is 10.5. The maximum atomic E-state index is 10.0. The van der Waals surface area contributed by atoms with Crippen LogP contribution in [0.4, 0.5) is 0 Å². The number of aliphatic hydroxyl groups excluding tert-OH is 4. The molecular formula is C13H18O5S. The van der Waals surface area contributed by atoms with Gasteiger partial charge in [0, 0.05) is 4.90 Å². The average Bonchev–Trinajstić information content (AvgIpc) is 2.41. The first kappa shape index (κ1) is 14.8. The van der Waals surface area contributed by atoms with Gasteiger partial charge in [-0.05, 0) is 19.1 Å². The molecule has 0 aromatic heterocycles. The predicted molar refractivity (Wildman–Crippen MR) is 70.8 cm³/mol. The van der Waals surface area contributed by atoms with Crippen LogP contribution in [0.3, 0.4) is 0 Å². The van der Waals surface area contributed by atoms with Gasteiger partial charge in [0.25, 0.3) is 0 Å². The Balaban J connectivity index is 2.09. The largest absolute Gasteiger partial charge is 0.394 e. The molecule has 0 unspecified atom stereocenters. The zero-order valence-corrected chi connectivity index (χ0v) is 11.3. The molecular weight excluding hydrogens is 268 g/mol. The summed E-state index contributed by atoms with van der Waals surface area (Å²) in [6.45, 7) is 1.52. The van der Waals surface area contributed by atoms with E-state index in [2.05, 4.69) is 0 Å². The normalized spacial score (nSPS) is 35.3. The summed E-state index contributed by atoms with van der Waals surface area (Å²) in [6.07, 6.45) is -4.56. The number of hydrogen-bond acceptors (Lipinski definition) is 6. The molecule has 1 aliphatic heterocycles. The van der Waals surface area contributed by atoms with Crippen LogP contribution in [0, 0.1) is 6.92 Å². The number of aryl methyl sites for hydroxylation is 1. The van der Waals surface area contributed by atoms with Gasteiger partial charge in [-0.2, -0.15) is 0 Å². The lowest BCUT2D eigenvalue weighted by molar-refractivity contribution is -0.234. The maximum absolute atomic E-state index is 10.0. The summed E-state index contributed by atoms with van der Waals surface area (Å²) >= 11 is 1.24. The third-order valence-electron chi connectivity index (χ3n) is 3.14. The van der Waals surface area contributed by atoms with Crippen molar-refractivity contribution >= 4 is 11.8 Å². The van der Waals surface area contributed by atoms with Gasteiger partial charge >= 0.3 is 0 Å². The van der Waals surface area contributed by atoms with Crippen LogP contribution in [0.2, 0.25) is 0 Å². The number of hydrogen-bond donors (Lipinski definition) is 4. The van der Waals surface area contributed by atoms with E-state index in [9.17, 15) is 15.3 Å². The van der Waals surface area contributed by atoms with E-state index in [1.807, 2.05) is 31.2 Å². The molecule has 5 nitrogen and oxygen atoms in total. The lowest BCUT2D eigenvalue weighted by Crippen LogP contribution is -2.57. The van der Waals surface area contributed by atoms with E-state index in [4.69, 9.17) is 9.84 Å². The van der Waals surface area contributed by atoms with Crippen molar-refractivity contribution in [3.63, 3.8) is 0 Å². The van der Waals surface area contributed by atoms with Crippen LogP contribution in [0.5, 0.6) is 0 Å². The van der Waals surface area contributed by atoms with Crippen LogP contribution < -0.4 is 0 Å². The summed E-state index contributed by atoms with van der Waals surface area (Å²) in [6, 6.07) is 7.61. The van der Waals surface area contributed by atoms with Gasteiger partial charge in [0.05, 0.1) is 18.0 Å². The van der Waals surface area contributed by atoms with Gasteiger partial charge in [0.1, 0.15) is 12.2 Å². The summed E-state index contributed by atoms with van der Waals surface area (Å²) in [4.78, 5) is 0.868. The van der Waals surface area contributed by atoms with Gasteiger partial charge < -0.3 is 25.2 Å². The summed E-state index contributed by atoms with van der Waals surface area (Å²) in [5.41, 5.74) is 1.12. The number of aliphatic hydroxyl groups is 4. The first-order chi connectivity index (χ1) is 9.02. The third kappa shape index (κ3) is 3.28. The average molecular weight is 286 g/mol. The van der Waals surface area contributed by atoms with E-state index in [0.717, 1.165) is 10.5 Å². The molecule has 1 heterocycles. The van der Waals surface area contributed by atoms with Crippen molar-refractivity contribution in [2.45, 2.75) is 41.7 Å². The molecule has 0 radical (unpaired) electrons. The van der Waals surface area contributed by atoms with Crippen molar-refractivity contribution < 1.29 is 25.2 Å². The molecule has 0 spiro atoms. The van der Waals surface area contributed by atoms with Crippen molar-refractivity contribution in [3.05, 3.63) is 29.8 Å². The van der Waals surface area contributed by atoms with E-state index in [1.54, 1.807) is 0 Å². The summed E-state index contributed by atoms with van der Waals surface area (Å²) in [7, 11) is 0. The Kier molecular flexibility index (Phi) is 4.83. The van der Waals surface area contributed by atoms with Gasteiger partial charge in [-0.1, -0.05) is 17.7 Å². The van der Waals surface area contributed by atoms with Crippen molar-refractivity contribution in [3.8, 4) is 0 Å². The molecule has 1 aromatic rings. The van der Waals surface area contributed by atoms with Gasteiger partial charge in [0.2, 0.25) is 0 Å². The number of ether oxygens (including phenoxy) is 1. The van der Waals surface area contributed by atoms with E-state index in [-0.39, 0.29) is 0 Å². The molecule has 1 fully saturated rings. The zero-order chi connectivity index (χ0) is 14.0. The fraction of sp³-hybridized carbons (Fsp3) is 0.538. The molecule has 4 N–H and O–H groups in total. The maximum Gasteiger partial charge on any atom is 0.170 e. The molecule has 2 rings (SSSR count). The molecule has 19 heavy (non-hydrogen) atoms. The van der Waals surface area contributed by atoms with Crippen molar-refractivity contribution in [1.82, 2.24) is 0 Å². The molecule has 0 amide bonds. The highest BCUT2D eigenvalue weighted by Crippen LogP contribution is 2.33. The quantitative estimate of drug-likeness (QED) is 0.620. The molecule has 1 saturated heterocycles. The number of thioether (sulfide) groups is 1. The smallest absolute Gasteiger partial charge is 0.170 e. The highest BCUT2D eigenvalue weighted by Gasteiger charge is 2.43. The Morgan fingerprint density at radius 2 is 1.74 bits per heavy atom. The first-order valence-electron chi connectivity index (χ1n) is 6.07. The molecule has 0 aliphatic carbocycles. The fourth-order valence-electron chi connectivity index (χ4n) is 1.97. The Morgan fingerprint density at radius 1 is 1.11 bits per heavy atom. The van der Waals surface area contributed by atoms with Crippen LogP contribution in [0.15, 0.2) is 29.2 Å². The lowest BCUT2D eigenvalue weighted by Gasteiger charge is -2.39. The molecule has 6 heteroatoms. The summed E-state index contributed by atoms with van der Waals surface area (Å²) < 4.78 is 5.10. The van der Waals surface area contributed by atoms with Crippen LogP contribution >= 0.6 is 11.8 Å². The molecule has 0 bridgehead atoms. The van der Waals surface area contributed by atoms with Gasteiger partial charge in [-0.3, -0.25) is 0 Å². The molecule has 1 aromatic carbocycles. The minimum atomic E-state index is -1.23. The predicted octanol–water partition coefficient (Wildman–Crippen LogP) is -0.113. The fourth-order valence-corrected chi connectivity index (χ4v) is 3.06. The molecule has 106 valence electrons. The Bertz CT molecular complexity index is 410. The van der Waals surface area contributed by atoms with Crippen molar-refractivity contribution in [2.75, 3.05) is 6.61 Å². The lowest BCUT2D eigenvalue weighted by atomic mass is 10.0. The minimum absolute atomic E-state index is 0.447. The summed E-state index contributed by atoms with van der Waals surface area (Å²) in [5.74, 6) is 0. The van der Waals surface area contributed by atoms with Crippen LogP contribution in [-0.4, -0.2) is 56.9 Å². The standard InChI is InChI=1S/C13H18O5S/c1-7-2-4-8(5-3-7)19-12-11(16)10(15)9(6-14)18-13(12)17/h2-5,9-17H,6H2,1H3/t9-,10+,11-,12-,13+/m0/s1. The monoisotopic (exact) mass is 286 g/mol. The van der Waals surface area contributed by atoms with Crippen molar-refractivity contribution in [2.24, 2.45) is 0 Å². The van der Waals surface area contributed by atoms with Crippen LogP contribution in [0.25, 0.3) is 0 Å². The Morgan fingerprint density at radius 3 is 2.32 bits per heavy atom. The van der Waals surface area contributed by atoms with Crippen LogP contribution in [0.1, 0.15) is 5.56 Å². The van der Waals surface area contributed by atoms with Crippen molar-refractivity contribution in [1.29, 1.82) is 0 Å². The van der Waals surface area contributed by atoms with Gasteiger partial charge in [0.15, 0.2) is 6.29 Å². The number of rotatable bonds is 3. The second-order valence-corrected chi connectivity index (χ2v) is 5.88. The Labute approximate surface area is 115 Å². The highest BCUT2D eigenvalue weighted by atomic mass is 32.2. The van der Waals surface area contributed by atoms with E-state index in [1.165, 1.54) is 11.8 Å². The SMILES string of the molecule is Cc1ccc(S[C@H]2[C@@H](O)[C@H](O)[C@H](CO)O[C@H]2O)cc1. The molecule has 0 saturated carbocycles. The van der Waals surface area contributed by atoms with Crippen LogP contribution in [-0.2, 0) is 4.74 Å². The van der Waals surface area contributed by atoms with E-state index < -0.39 is 36.5 Å². The third-order valence-corrected chi connectivity index (χ3v) is 4.46. The highest BCUT2D eigenvalue weighted by molar-refractivity contribution is 8.00. The topological polar surface area (TPSA) is 90.2 Å².